The van der Waals surface area contributed by atoms with Crippen molar-refractivity contribution in [2.45, 2.75) is 11.6 Å². The summed E-state index contributed by atoms with van der Waals surface area (Å²) in [5, 5.41) is 13.5. The number of nitrogens with one attached hydrogen (secondary N) is 2. The molecule has 138 valence electrons. The van der Waals surface area contributed by atoms with E-state index >= 15 is 0 Å². The quantitative estimate of drug-likeness (QED) is 0.424. The molecule has 0 atom stereocenters. The maximum absolute atomic E-state index is 12.2. The molecule has 2 N–H and O–H groups in total. The molecule has 5 rings (SSSR count). The van der Waals surface area contributed by atoms with Crippen LogP contribution in [0.15, 0.2) is 53.7 Å². The van der Waals surface area contributed by atoms with Gasteiger partial charge in [-0.15, -0.1) is 10.2 Å². The number of carbonyl (C=O) groups excluding carboxylic acids is 1. The zero-order chi connectivity index (χ0) is 18.9. The number of thiazole rings is 1. The van der Waals surface area contributed by atoms with E-state index in [-0.39, 0.29) is 5.91 Å². The summed E-state index contributed by atoms with van der Waals surface area (Å²) in [5.74, 6) is 0.482. The number of para-hydroxylation sites is 2. The predicted octanol–water partition coefficient (Wildman–Crippen LogP) is 4.24. The number of nitrogens with zero attached hydrogens (tertiary/aromatic N) is 4. The molecule has 0 saturated carbocycles. The van der Waals surface area contributed by atoms with E-state index in [0.717, 1.165) is 26.6 Å². The second kappa shape index (κ2) is 7.17. The second-order valence-electron chi connectivity index (χ2n) is 6.10. The lowest BCUT2D eigenvalue weighted by Gasteiger charge is -2.01. The predicted molar refractivity (Wildman–Crippen MR) is 113 cm³/mol. The Hall–Kier alpha value is -3.04. The molecule has 7 nitrogen and oxygen atoms in total. The highest BCUT2D eigenvalue weighted by Crippen LogP contribution is 2.26. The molecule has 0 radical (unpaired) electrons. The van der Waals surface area contributed by atoms with Gasteiger partial charge in [-0.25, -0.2) is 9.97 Å². The Morgan fingerprint density at radius 2 is 1.93 bits per heavy atom. The highest BCUT2D eigenvalue weighted by atomic mass is 32.2. The molecule has 5 aromatic rings. The zero-order valence-electron chi connectivity index (χ0n) is 14.5. The summed E-state index contributed by atoms with van der Waals surface area (Å²) in [4.78, 5) is 24.4. The minimum atomic E-state index is -0.0776. The third-order valence-corrected chi connectivity index (χ3v) is 5.99. The van der Waals surface area contributed by atoms with Gasteiger partial charge in [-0.05, 0) is 18.2 Å². The molecule has 9 heteroatoms. The standard InChI is InChI=1S/C19H14N6OS2/c26-15(22-18-21-13-7-3-4-8-14(13)28-18)9-10-27-19-23-17-16(24-25-19)11-5-1-2-6-12(11)20-17/h1-8H,9-10H2,(H,20,23,25)(H,21,22,26). The summed E-state index contributed by atoms with van der Waals surface area (Å²) in [6.45, 7) is 0. The van der Waals surface area contributed by atoms with Crippen molar-refractivity contribution in [3.8, 4) is 0 Å². The van der Waals surface area contributed by atoms with Crippen LogP contribution in [0.2, 0.25) is 0 Å². The van der Waals surface area contributed by atoms with Gasteiger partial charge in [0.15, 0.2) is 10.8 Å². The first kappa shape index (κ1) is 17.1. The number of fused-ring (bicyclic) bond motifs is 4. The van der Waals surface area contributed by atoms with E-state index in [1.54, 1.807) is 0 Å². The molecule has 28 heavy (non-hydrogen) atoms. The molecule has 0 bridgehead atoms. The van der Waals surface area contributed by atoms with Crippen molar-refractivity contribution in [1.29, 1.82) is 0 Å². The lowest BCUT2D eigenvalue weighted by Crippen LogP contribution is -2.12. The largest absolute Gasteiger partial charge is 0.338 e. The van der Waals surface area contributed by atoms with Crippen LogP contribution < -0.4 is 5.32 Å². The minimum Gasteiger partial charge on any atom is -0.338 e. The van der Waals surface area contributed by atoms with Gasteiger partial charge in [-0.3, -0.25) is 4.79 Å². The van der Waals surface area contributed by atoms with Crippen molar-refractivity contribution in [2.75, 3.05) is 11.1 Å². The smallest absolute Gasteiger partial charge is 0.226 e. The zero-order valence-corrected chi connectivity index (χ0v) is 16.2. The van der Waals surface area contributed by atoms with Crippen molar-refractivity contribution in [3.63, 3.8) is 0 Å². The Morgan fingerprint density at radius 3 is 2.86 bits per heavy atom. The van der Waals surface area contributed by atoms with Gasteiger partial charge in [0.1, 0.15) is 5.52 Å². The first-order chi connectivity index (χ1) is 13.8. The van der Waals surface area contributed by atoms with Crippen LogP contribution in [0.3, 0.4) is 0 Å². The SMILES string of the molecule is O=C(CCSc1nnc2c(n1)[nH]c1ccccc12)Nc1nc2ccccc2s1. The van der Waals surface area contributed by atoms with E-state index in [0.29, 0.717) is 28.1 Å². The van der Waals surface area contributed by atoms with E-state index in [1.165, 1.54) is 23.1 Å². The molecule has 1 amide bonds. The van der Waals surface area contributed by atoms with Crippen LogP contribution in [-0.2, 0) is 4.79 Å². The monoisotopic (exact) mass is 406 g/mol. The Balaban J connectivity index is 1.22. The van der Waals surface area contributed by atoms with Gasteiger partial charge in [0.25, 0.3) is 0 Å². The van der Waals surface area contributed by atoms with Gasteiger partial charge in [0, 0.05) is 23.1 Å². The van der Waals surface area contributed by atoms with E-state index in [2.05, 4.69) is 30.5 Å². The van der Waals surface area contributed by atoms with Crippen molar-refractivity contribution >= 4 is 66.4 Å². The molecule has 3 aromatic heterocycles. The molecule has 0 aliphatic heterocycles. The van der Waals surface area contributed by atoms with Crippen LogP contribution in [0.4, 0.5) is 5.13 Å². The van der Waals surface area contributed by atoms with Crippen LogP contribution in [-0.4, -0.2) is 36.8 Å². The van der Waals surface area contributed by atoms with E-state index < -0.39 is 0 Å². The van der Waals surface area contributed by atoms with Gasteiger partial charge < -0.3 is 10.3 Å². The van der Waals surface area contributed by atoms with Gasteiger partial charge in [0.05, 0.1) is 10.2 Å². The van der Waals surface area contributed by atoms with Gasteiger partial charge in [-0.1, -0.05) is 53.4 Å². The Bertz CT molecular complexity index is 1280. The highest BCUT2D eigenvalue weighted by molar-refractivity contribution is 7.99. The summed E-state index contributed by atoms with van der Waals surface area (Å²) in [5.41, 5.74) is 3.34. The summed E-state index contributed by atoms with van der Waals surface area (Å²) in [7, 11) is 0. The van der Waals surface area contributed by atoms with Crippen LogP contribution >= 0.6 is 23.1 Å². The normalized spacial score (nSPS) is 11.4. The molecule has 0 aliphatic carbocycles. The number of aromatic nitrogens is 5. The maximum atomic E-state index is 12.2. The third-order valence-electron chi connectivity index (χ3n) is 4.20. The number of thioether (sulfide) groups is 1. The first-order valence-corrected chi connectivity index (χ1v) is 10.5. The fourth-order valence-corrected chi connectivity index (χ4v) is 4.52. The number of hydrogen-bond donors (Lipinski definition) is 2. The number of aromatic amines is 1. The molecule has 0 fully saturated rings. The minimum absolute atomic E-state index is 0.0776. The molecule has 2 aromatic carbocycles. The van der Waals surface area contributed by atoms with Crippen LogP contribution in [0, 0.1) is 0 Å². The van der Waals surface area contributed by atoms with Crippen LogP contribution in [0.5, 0.6) is 0 Å². The lowest BCUT2D eigenvalue weighted by molar-refractivity contribution is -0.115. The number of hydrogen-bond acceptors (Lipinski definition) is 7. The Kier molecular flexibility index (Phi) is 4.38. The number of carbonyl (C=O) groups is 1. The second-order valence-corrected chi connectivity index (χ2v) is 8.19. The molecular weight excluding hydrogens is 392 g/mol. The average Bonchev–Trinajstić information content (AvgIpc) is 3.27. The van der Waals surface area contributed by atoms with Crippen molar-refractivity contribution in [3.05, 3.63) is 48.5 Å². The average molecular weight is 406 g/mol. The summed E-state index contributed by atoms with van der Waals surface area (Å²) < 4.78 is 1.05. The van der Waals surface area contributed by atoms with E-state index in [4.69, 9.17) is 0 Å². The van der Waals surface area contributed by atoms with Crippen molar-refractivity contribution < 1.29 is 4.79 Å². The summed E-state index contributed by atoms with van der Waals surface area (Å²) >= 11 is 2.88. The fraction of sp³-hybridized carbons (Fsp3) is 0.105. The fourth-order valence-electron chi connectivity index (χ4n) is 2.91. The van der Waals surface area contributed by atoms with Crippen molar-refractivity contribution in [1.82, 2.24) is 25.1 Å². The van der Waals surface area contributed by atoms with E-state index in [1.807, 2.05) is 48.5 Å². The Morgan fingerprint density at radius 1 is 1.07 bits per heavy atom. The van der Waals surface area contributed by atoms with Crippen LogP contribution in [0.1, 0.15) is 6.42 Å². The van der Waals surface area contributed by atoms with E-state index in [9.17, 15) is 4.79 Å². The Labute approximate surface area is 167 Å². The number of rotatable bonds is 5. The maximum Gasteiger partial charge on any atom is 0.226 e. The molecule has 0 aliphatic rings. The number of anilines is 1. The van der Waals surface area contributed by atoms with Crippen LogP contribution in [0.25, 0.3) is 32.3 Å². The molecule has 0 saturated heterocycles. The molecule has 0 unspecified atom stereocenters. The van der Waals surface area contributed by atoms with Gasteiger partial charge >= 0.3 is 0 Å². The number of H-pyrrole nitrogens is 1. The highest BCUT2D eigenvalue weighted by Gasteiger charge is 2.11. The third kappa shape index (κ3) is 3.30. The first-order valence-electron chi connectivity index (χ1n) is 8.66. The van der Waals surface area contributed by atoms with Gasteiger partial charge in [0.2, 0.25) is 11.1 Å². The summed E-state index contributed by atoms with van der Waals surface area (Å²) in [6.07, 6.45) is 0.342. The topological polar surface area (TPSA) is 96.5 Å². The molecule has 3 heterocycles. The lowest BCUT2D eigenvalue weighted by atomic mass is 10.2. The van der Waals surface area contributed by atoms with Gasteiger partial charge in [-0.2, -0.15) is 0 Å². The number of benzene rings is 2. The molecular formula is C19H14N6OS2. The molecule has 0 spiro atoms. The van der Waals surface area contributed by atoms with Crippen molar-refractivity contribution in [2.24, 2.45) is 0 Å². The number of amides is 1. The summed E-state index contributed by atoms with van der Waals surface area (Å²) in [6, 6.07) is 15.7.